The van der Waals surface area contributed by atoms with Gasteiger partial charge in [0.1, 0.15) is 11.6 Å². The second kappa shape index (κ2) is 5.07. The lowest BCUT2D eigenvalue weighted by Gasteiger charge is -2.29. The molecule has 4 heteroatoms. The van der Waals surface area contributed by atoms with Crippen molar-refractivity contribution in [1.29, 1.82) is 0 Å². The third-order valence-electron chi connectivity index (χ3n) is 2.63. The van der Waals surface area contributed by atoms with E-state index in [-0.39, 0.29) is 11.4 Å². The second-order valence-electron chi connectivity index (χ2n) is 3.94. The molecule has 15 heavy (non-hydrogen) atoms. The number of nitrogens with two attached hydrogens (primary N) is 1. The van der Waals surface area contributed by atoms with E-state index < -0.39 is 0 Å². The topological polar surface area (TPSA) is 50.9 Å². The summed E-state index contributed by atoms with van der Waals surface area (Å²) in [5.74, 6) is 0.367. The molecule has 84 valence electrons. The number of pyridine rings is 1. The molecule has 1 unspecified atom stereocenters. The lowest BCUT2D eigenvalue weighted by atomic mass is 9.94. The Morgan fingerprint density at radius 3 is 2.73 bits per heavy atom. The average molecular weight is 211 g/mol. The summed E-state index contributed by atoms with van der Waals surface area (Å²) >= 11 is 0. The Bertz CT molecular complexity index is 299. The van der Waals surface area contributed by atoms with Crippen molar-refractivity contribution >= 4 is 5.82 Å². The van der Waals surface area contributed by atoms with Gasteiger partial charge in [0.25, 0.3) is 0 Å². The van der Waals surface area contributed by atoms with E-state index in [1.807, 2.05) is 0 Å². The number of hydrogen-bond acceptors (Lipinski definition) is 3. The zero-order chi connectivity index (χ0) is 11.3. The lowest BCUT2D eigenvalue weighted by molar-refractivity contribution is 0.461. The number of halogens is 1. The van der Waals surface area contributed by atoms with Crippen molar-refractivity contribution in [1.82, 2.24) is 4.98 Å². The fraction of sp³-hybridized carbons (Fsp3) is 0.545. The molecule has 0 saturated carbocycles. The Labute approximate surface area is 89.9 Å². The first-order chi connectivity index (χ1) is 7.09. The predicted molar refractivity (Wildman–Crippen MR) is 60.2 cm³/mol. The van der Waals surface area contributed by atoms with Crippen molar-refractivity contribution in [3.8, 4) is 0 Å². The number of anilines is 1. The van der Waals surface area contributed by atoms with Crippen LogP contribution in [0.4, 0.5) is 10.2 Å². The summed E-state index contributed by atoms with van der Waals surface area (Å²) in [5.41, 5.74) is 5.48. The Morgan fingerprint density at radius 2 is 2.27 bits per heavy atom. The van der Waals surface area contributed by atoms with E-state index in [4.69, 9.17) is 5.73 Å². The van der Waals surface area contributed by atoms with Gasteiger partial charge in [0.05, 0.1) is 6.20 Å². The highest BCUT2D eigenvalue weighted by molar-refractivity contribution is 5.36. The monoisotopic (exact) mass is 211 g/mol. The molecule has 3 nitrogen and oxygen atoms in total. The summed E-state index contributed by atoms with van der Waals surface area (Å²) < 4.78 is 12.6. The average Bonchev–Trinajstić information content (AvgIpc) is 2.22. The van der Waals surface area contributed by atoms with E-state index in [1.54, 1.807) is 6.07 Å². The standard InChI is InChI=1S/C11H18FN3/c1-3-11(2,6-7-13)15-10-5-4-9(12)8-14-10/h4-5,8H,3,6-7,13H2,1-2H3,(H,14,15). The fourth-order valence-corrected chi connectivity index (χ4v) is 1.41. The first-order valence-corrected chi connectivity index (χ1v) is 5.19. The molecule has 1 heterocycles. The molecule has 0 aromatic carbocycles. The third-order valence-corrected chi connectivity index (χ3v) is 2.63. The summed E-state index contributed by atoms with van der Waals surface area (Å²) in [4.78, 5) is 3.97. The molecule has 0 spiro atoms. The van der Waals surface area contributed by atoms with Gasteiger partial charge in [-0.3, -0.25) is 0 Å². The molecular formula is C11H18FN3. The number of nitrogens with one attached hydrogen (secondary N) is 1. The largest absolute Gasteiger partial charge is 0.365 e. The van der Waals surface area contributed by atoms with Crippen LogP contribution in [0.2, 0.25) is 0 Å². The summed E-state index contributed by atoms with van der Waals surface area (Å²) in [6.45, 7) is 4.80. The van der Waals surface area contributed by atoms with Gasteiger partial charge in [0, 0.05) is 5.54 Å². The molecule has 1 rings (SSSR count). The van der Waals surface area contributed by atoms with Crippen LogP contribution in [0.1, 0.15) is 26.7 Å². The Kier molecular flexibility index (Phi) is 4.03. The molecule has 3 N–H and O–H groups in total. The molecule has 0 saturated heterocycles. The van der Waals surface area contributed by atoms with Crippen LogP contribution in [-0.2, 0) is 0 Å². The van der Waals surface area contributed by atoms with E-state index in [0.29, 0.717) is 12.4 Å². The first kappa shape index (κ1) is 11.9. The minimum atomic E-state index is -0.322. The lowest BCUT2D eigenvalue weighted by Crippen LogP contribution is -2.36. The highest BCUT2D eigenvalue weighted by atomic mass is 19.1. The summed E-state index contributed by atoms with van der Waals surface area (Å²) in [5, 5.41) is 3.28. The van der Waals surface area contributed by atoms with Crippen LogP contribution in [-0.4, -0.2) is 17.1 Å². The Hall–Kier alpha value is -1.16. The number of nitrogens with zero attached hydrogens (tertiary/aromatic N) is 1. The van der Waals surface area contributed by atoms with Crippen molar-refractivity contribution in [3.63, 3.8) is 0 Å². The van der Waals surface area contributed by atoms with E-state index in [1.165, 1.54) is 12.3 Å². The van der Waals surface area contributed by atoms with Gasteiger partial charge in [-0.1, -0.05) is 6.92 Å². The van der Waals surface area contributed by atoms with Crippen LogP contribution in [0, 0.1) is 5.82 Å². The van der Waals surface area contributed by atoms with Gasteiger partial charge in [-0.25, -0.2) is 9.37 Å². The van der Waals surface area contributed by atoms with Crippen molar-refractivity contribution in [2.24, 2.45) is 5.73 Å². The molecule has 1 atom stereocenters. The van der Waals surface area contributed by atoms with Gasteiger partial charge in [0.15, 0.2) is 0 Å². The number of aromatic nitrogens is 1. The maximum absolute atomic E-state index is 12.6. The first-order valence-electron chi connectivity index (χ1n) is 5.19. The summed E-state index contributed by atoms with van der Waals surface area (Å²) in [7, 11) is 0. The maximum Gasteiger partial charge on any atom is 0.141 e. The van der Waals surface area contributed by atoms with Crippen LogP contribution in [0.5, 0.6) is 0 Å². The van der Waals surface area contributed by atoms with Crippen LogP contribution in [0.25, 0.3) is 0 Å². The van der Waals surface area contributed by atoms with Crippen LogP contribution in [0.3, 0.4) is 0 Å². The normalized spacial score (nSPS) is 14.7. The summed E-state index contributed by atoms with van der Waals surface area (Å²) in [6, 6.07) is 3.04. The van der Waals surface area contributed by atoms with E-state index in [9.17, 15) is 4.39 Å². The predicted octanol–water partition coefficient (Wildman–Crippen LogP) is 2.15. The minimum absolute atomic E-state index is 0.0699. The summed E-state index contributed by atoms with van der Waals surface area (Å²) in [6.07, 6.45) is 3.02. The van der Waals surface area contributed by atoms with Crippen LogP contribution >= 0.6 is 0 Å². The molecule has 1 aromatic rings. The van der Waals surface area contributed by atoms with Gasteiger partial charge in [-0.15, -0.1) is 0 Å². The molecule has 0 aliphatic rings. The molecule has 0 fully saturated rings. The Morgan fingerprint density at radius 1 is 1.53 bits per heavy atom. The molecule has 0 aliphatic carbocycles. The maximum atomic E-state index is 12.6. The quantitative estimate of drug-likeness (QED) is 0.784. The van der Waals surface area contributed by atoms with Crippen LogP contribution in [0.15, 0.2) is 18.3 Å². The van der Waals surface area contributed by atoms with Gasteiger partial charge in [0.2, 0.25) is 0 Å². The van der Waals surface area contributed by atoms with Crippen molar-refractivity contribution < 1.29 is 4.39 Å². The van der Waals surface area contributed by atoms with Gasteiger partial charge < -0.3 is 11.1 Å². The van der Waals surface area contributed by atoms with E-state index >= 15 is 0 Å². The highest BCUT2D eigenvalue weighted by Crippen LogP contribution is 2.19. The molecule has 0 bridgehead atoms. The zero-order valence-electron chi connectivity index (χ0n) is 9.26. The van der Waals surface area contributed by atoms with Crippen molar-refractivity contribution in [2.75, 3.05) is 11.9 Å². The van der Waals surface area contributed by atoms with Crippen LogP contribution < -0.4 is 11.1 Å². The SMILES string of the molecule is CCC(C)(CCN)Nc1ccc(F)cn1. The third kappa shape index (κ3) is 3.47. The fourth-order valence-electron chi connectivity index (χ4n) is 1.41. The van der Waals surface area contributed by atoms with Crippen molar-refractivity contribution in [2.45, 2.75) is 32.2 Å². The van der Waals surface area contributed by atoms with E-state index in [0.717, 1.165) is 12.8 Å². The molecule has 0 radical (unpaired) electrons. The van der Waals surface area contributed by atoms with Crippen molar-refractivity contribution in [3.05, 3.63) is 24.1 Å². The molecular weight excluding hydrogens is 193 g/mol. The minimum Gasteiger partial charge on any atom is -0.365 e. The van der Waals surface area contributed by atoms with E-state index in [2.05, 4.69) is 24.1 Å². The molecule has 1 aromatic heterocycles. The van der Waals surface area contributed by atoms with Gasteiger partial charge >= 0.3 is 0 Å². The zero-order valence-corrected chi connectivity index (χ0v) is 9.26. The molecule has 0 amide bonds. The van der Waals surface area contributed by atoms with Gasteiger partial charge in [-0.05, 0) is 38.4 Å². The molecule has 0 aliphatic heterocycles. The second-order valence-corrected chi connectivity index (χ2v) is 3.94. The Balaban J connectivity index is 2.70. The smallest absolute Gasteiger partial charge is 0.141 e. The van der Waals surface area contributed by atoms with Gasteiger partial charge in [-0.2, -0.15) is 0 Å². The number of rotatable bonds is 5. The number of hydrogen-bond donors (Lipinski definition) is 2. The highest BCUT2D eigenvalue weighted by Gasteiger charge is 2.20.